The zero-order valence-electron chi connectivity index (χ0n) is 10.9. The molecule has 1 aliphatic carbocycles. The molecule has 4 nitrogen and oxygen atoms in total. The highest BCUT2D eigenvalue weighted by molar-refractivity contribution is 7.09. The minimum absolute atomic E-state index is 0.0159. The lowest BCUT2D eigenvalue weighted by atomic mass is 9.96. The third-order valence-corrected chi connectivity index (χ3v) is 4.05. The molecular formula is C12H22N4S. The molecule has 1 heterocycles. The molecular weight excluding hydrogens is 232 g/mol. The topological polar surface area (TPSA) is 63.8 Å². The van der Waals surface area contributed by atoms with Crippen LogP contribution in [0, 0.1) is 0 Å². The number of aromatic nitrogens is 2. The van der Waals surface area contributed by atoms with E-state index >= 15 is 0 Å². The largest absolute Gasteiger partial charge is 0.354 e. The maximum absolute atomic E-state index is 5.90. The molecule has 1 aromatic rings. The lowest BCUT2D eigenvalue weighted by Gasteiger charge is -2.28. The van der Waals surface area contributed by atoms with E-state index in [1.165, 1.54) is 24.4 Å². The number of hydrogen-bond acceptors (Lipinski definition) is 5. The van der Waals surface area contributed by atoms with Gasteiger partial charge in [0.05, 0.1) is 5.54 Å². The predicted octanol–water partition coefficient (Wildman–Crippen LogP) is 2.52. The van der Waals surface area contributed by atoms with Gasteiger partial charge in [0.25, 0.3) is 0 Å². The molecule has 0 spiro atoms. The average molecular weight is 254 g/mol. The monoisotopic (exact) mass is 254 g/mol. The SMILES string of the molecule is CC(C)(C)c1nsc(NC2(CN)CCCC2)n1. The standard InChI is InChI=1S/C12H22N4S/c1-11(2,3)9-14-10(17-16-9)15-12(8-13)6-4-5-7-12/h4-8,13H2,1-3H3,(H,14,15,16). The molecule has 1 fully saturated rings. The summed E-state index contributed by atoms with van der Waals surface area (Å²) in [5.41, 5.74) is 5.98. The van der Waals surface area contributed by atoms with Gasteiger partial charge in [0.15, 0.2) is 0 Å². The van der Waals surface area contributed by atoms with Crippen LogP contribution in [0.25, 0.3) is 0 Å². The third kappa shape index (κ3) is 2.77. The summed E-state index contributed by atoms with van der Waals surface area (Å²) in [6.07, 6.45) is 4.81. The van der Waals surface area contributed by atoms with Crippen molar-refractivity contribution < 1.29 is 0 Å². The van der Waals surface area contributed by atoms with Crippen LogP contribution in [0.4, 0.5) is 5.13 Å². The molecule has 0 aromatic carbocycles. The van der Waals surface area contributed by atoms with Crippen molar-refractivity contribution in [3.8, 4) is 0 Å². The highest BCUT2D eigenvalue weighted by atomic mass is 32.1. The van der Waals surface area contributed by atoms with E-state index in [0.29, 0.717) is 6.54 Å². The van der Waals surface area contributed by atoms with Crippen molar-refractivity contribution in [2.45, 2.75) is 57.4 Å². The molecule has 0 amide bonds. The molecule has 17 heavy (non-hydrogen) atoms. The first-order valence-electron chi connectivity index (χ1n) is 6.28. The van der Waals surface area contributed by atoms with Crippen molar-refractivity contribution >= 4 is 16.7 Å². The van der Waals surface area contributed by atoms with Gasteiger partial charge in [-0.2, -0.15) is 4.37 Å². The van der Waals surface area contributed by atoms with Crippen LogP contribution < -0.4 is 11.1 Å². The Kier molecular flexibility index (Phi) is 3.41. The number of nitrogens with two attached hydrogens (primary N) is 1. The second kappa shape index (κ2) is 4.53. The number of anilines is 1. The van der Waals surface area contributed by atoms with Crippen LogP contribution in [0.15, 0.2) is 0 Å². The van der Waals surface area contributed by atoms with Gasteiger partial charge in [0.1, 0.15) is 5.82 Å². The molecule has 0 bridgehead atoms. The summed E-state index contributed by atoms with van der Waals surface area (Å²) in [6.45, 7) is 7.07. The average Bonchev–Trinajstić information content (AvgIpc) is 2.87. The number of hydrogen-bond donors (Lipinski definition) is 2. The molecule has 1 saturated carbocycles. The smallest absolute Gasteiger partial charge is 0.203 e. The minimum atomic E-state index is 0.0159. The summed E-state index contributed by atoms with van der Waals surface area (Å²) in [6, 6.07) is 0. The summed E-state index contributed by atoms with van der Waals surface area (Å²) >= 11 is 1.45. The van der Waals surface area contributed by atoms with Crippen LogP contribution in [0.3, 0.4) is 0 Å². The zero-order chi connectivity index (χ0) is 12.5. The Hall–Kier alpha value is -0.680. The van der Waals surface area contributed by atoms with Crippen LogP contribution in [0.5, 0.6) is 0 Å². The van der Waals surface area contributed by atoms with Crippen molar-refractivity contribution in [3.63, 3.8) is 0 Å². The first-order chi connectivity index (χ1) is 7.95. The second-order valence-corrected chi connectivity index (χ2v) is 6.74. The van der Waals surface area contributed by atoms with E-state index in [1.54, 1.807) is 0 Å². The second-order valence-electron chi connectivity index (χ2n) is 5.99. The quantitative estimate of drug-likeness (QED) is 0.870. The van der Waals surface area contributed by atoms with Gasteiger partial charge in [0, 0.05) is 23.5 Å². The molecule has 0 unspecified atom stereocenters. The van der Waals surface area contributed by atoms with E-state index in [1.807, 2.05) is 0 Å². The first-order valence-corrected chi connectivity index (χ1v) is 7.05. The Morgan fingerprint density at radius 2 is 2.00 bits per heavy atom. The molecule has 0 aliphatic heterocycles. The van der Waals surface area contributed by atoms with Crippen LogP contribution >= 0.6 is 11.5 Å². The fourth-order valence-corrected chi connectivity index (χ4v) is 3.11. The Morgan fingerprint density at radius 3 is 2.47 bits per heavy atom. The first kappa shape index (κ1) is 12.8. The molecule has 5 heteroatoms. The highest BCUT2D eigenvalue weighted by Gasteiger charge is 2.33. The third-order valence-electron chi connectivity index (χ3n) is 3.42. The van der Waals surface area contributed by atoms with Crippen LogP contribution in [-0.2, 0) is 5.41 Å². The van der Waals surface area contributed by atoms with Gasteiger partial charge in [-0.25, -0.2) is 4.98 Å². The molecule has 0 saturated heterocycles. The Balaban J connectivity index is 2.11. The number of nitrogens with zero attached hydrogens (tertiary/aromatic N) is 2. The van der Waals surface area contributed by atoms with E-state index in [0.717, 1.165) is 23.8 Å². The fraction of sp³-hybridized carbons (Fsp3) is 0.833. The molecule has 2 rings (SSSR count). The number of nitrogens with one attached hydrogen (secondary N) is 1. The molecule has 1 aliphatic rings. The van der Waals surface area contributed by atoms with Crippen molar-refractivity contribution in [2.75, 3.05) is 11.9 Å². The van der Waals surface area contributed by atoms with E-state index in [9.17, 15) is 0 Å². The lowest BCUT2D eigenvalue weighted by Crippen LogP contribution is -2.42. The fourth-order valence-electron chi connectivity index (χ4n) is 2.24. The Morgan fingerprint density at radius 1 is 1.35 bits per heavy atom. The van der Waals surface area contributed by atoms with Gasteiger partial charge < -0.3 is 11.1 Å². The van der Waals surface area contributed by atoms with Crippen molar-refractivity contribution in [1.82, 2.24) is 9.36 Å². The molecule has 0 atom stereocenters. The highest BCUT2D eigenvalue weighted by Crippen LogP contribution is 2.33. The molecule has 1 aromatic heterocycles. The van der Waals surface area contributed by atoms with Gasteiger partial charge in [-0.15, -0.1) is 0 Å². The van der Waals surface area contributed by atoms with Crippen LogP contribution in [0.1, 0.15) is 52.3 Å². The van der Waals surface area contributed by atoms with Crippen LogP contribution in [0.2, 0.25) is 0 Å². The lowest BCUT2D eigenvalue weighted by molar-refractivity contribution is 0.491. The van der Waals surface area contributed by atoms with Gasteiger partial charge in [-0.3, -0.25) is 0 Å². The van der Waals surface area contributed by atoms with Crippen molar-refractivity contribution in [1.29, 1.82) is 0 Å². The summed E-state index contributed by atoms with van der Waals surface area (Å²) in [5.74, 6) is 0.912. The van der Waals surface area contributed by atoms with Gasteiger partial charge >= 0.3 is 0 Å². The summed E-state index contributed by atoms with van der Waals surface area (Å²) in [4.78, 5) is 4.58. The van der Waals surface area contributed by atoms with E-state index < -0.39 is 0 Å². The van der Waals surface area contributed by atoms with Gasteiger partial charge in [0.2, 0.25) is 5.13 Å². The van der Waals surface area contributed by atoms with Crippen LogP contribution in [-0.4, -0.2) is 21.4 Å². The minimum Gasteiger partial charge on any atom is -0.354 e. The maximum Gasteiger partial charge on any atom is 0.203 e. The van der Waals surface area contributed by atoms with E-state index in [4.69, 9.17) is 5.73 Å². The van der Waals surface area contributed by atoms with Gasteiger partial charge in [-0.1, -0.05) is 33.6 Å². The summed E-state index contributed by atoms with van der Waals surface area (Å²) in [7, 11) is 0. The predicted molar refractivity (Wildman–Crippen MR) is 72.5 cm³/mol. The normalized spacial score (nSPS) is 19.5. The molecule has 0 radical (unpaired) electrons. The van der Waals surface area contributed by atoms with E-state index in [-0.39, 0.29) is 11.0 Å². The molecule has 3 N–H and O–H groups in total. The number of rotatable bonds is 3. The maximum atomic E-state index is 5.90. The Bertz CT molecular complexity index is 374. The van der Waals surface area contributed by atoms with Gasteiger partial charge in [-0.05, 0) is 12.8 Å². The Labute approximate surface area is 107 Å². The summed E-state index contributed by atoms with van der Waals surface area (Å²) in [5, 5.41) is 4.44. The summed E-state index contributed by atoms with van der Waals surface area (Å²) < 4.78 is 4.42. The van der Waals surface area contributed by atoms with Crippen molar-refractivity contribution in [3.05, 3.63) is 5.82 Å². The molecule has 96 valence electrons. The zero-order valence-corrected chi connectivity index (χ0v) is 11.7. The van der Waals surface area contributed by atoms with E-state index in [2.05, 4.69) is 35.4 Å². The van der Waals surface area contributed by atoms with Crippen molar-refractivity contribution in [2.24, 2.45) is 5.73 Å².